The predicted octanol–water partition coefficient (Wildman–Crippen LogP) is 2.51. The van der Waals surface area contributed by atoms with Crippen LogP contribution in [0.3, 0.4) is 0 Å². The highest BCUT2D eigenvalue weighted by molar-refractivity contribution is 5.79. The molecule has 0 aliphatic carbocycles. The lowest BCUT2D eigenvalue weighted by Gasteiger charge is -2.19. The molecular weight excluding hydrogens is 450 g/mol. The van der Waals surface area contributed by atoms with Crippen LogP contribution in [0.25, 0.3) is 33.9 Å². The van der Waals surface area contributed by atoms with Crippen LogP contribution in [0.4, 0.5) is 0 Å². The van der Waals surface area contributed by atoms with E-state index in [1.165, 1.54) is 11.6 Å². The Bertz CT molecular complexity index is 1720. The van der Waals surface area contributed by atoms with Gasteiger partial charge in [0.25, 0.3) is 5.56 Å². The number of aryl methyl sites for hydroxylation is 1. The van der Waals surface area contributed by atoms with Gasteiger partial charge in [-0.15, -0.1) is 0 Å². The molecule has 0 amide bonds. The van der Waals surface area contributed by atoms with Crippen LogP contribution < -0.4 is 25.5 Å². The number of benzene rings is 2. The fraction of sp³-hybridized carbons (Fsp3) is 0.240. The molecule has 10 heteroatoms. The molecule has 0 saturated heterocycles. The fourth-order valence-electron chi connectivity index (χ4n) is 4.49. The van der Waals surface area contributed by atoms with E-state index in [9.17, 15) is 9.59 Å². The van der Waals surface area contributed by atoms with E-state index in [1.54, 1.807) is 11.4 Å². The van der Waals surface area contributed by atoms with Crippen molar-refractivity contribution in [3.05, 3.63) is 69.5 Å². The summed E-state index contributed by atoms with van der Waals surface area (Å²) in [4.78, 5) is 30.4. The first-order valence-corrected chi connectivity index (χ1v) is 11.3. The largest absolute Gasteiger partial charge is 0.494 e. The molecule has 3 aromatic heterocycles. The summed E-state index contributed by atoms with van der Waals surface area (Å²) in [6, 6.07) is 13.4. The summed E-state index contributed by atoms with van der Waals surface area (Å²) in [5, 5.41) is 0. The topological polar surface area (TPSA) is 93.9 Å². The Kier molecular flexibility index (Phi) is 4.70. The van der Waals surface area contributed by atoms with Gasteiger partial charge in [0.05, 0.1) is 18.0 Å². The Morgan fingerprint density at radius 3 is 2.46 bits per heavy atom. The number of rotatable bonds is 4. The molecule has 6 rings (SSSR count). The number of ether oxygens (including phenoxy) is 3. The van der Waals surface area contributed by atoms with Gasteiger partial charge in [-0.3, -0.25) is 22.9 Å². The maximum absolute atomic E-state index is 13.1. The standard InChI is InChI=1S/C25H23N5O5/c1-4-33-17-8-5-15(6-9-17)18-14-29-21-22(27(2)25(32)28(3)23(21)31)26-24(29)30(18)16-7-10-19-20(13-16)35-12-11-34-19/h5-10,13-14H,4,11-12H2,1-3H3. The molecule has 0 atom stereocenters. The van der Waals surface area contributed by atoms with Gasteiger partial charge >= 0.3 is 5.69 Å². The molecule has 178 valence electrons. The number of aromatic nitrogens is 5. The van der Waals surface area contributed by atoms with E-state index in [4.69, 9.17) is 19.2 Å². The first kappa shape index (κ1) is 21.1. The summed E-state index contributed by atoms with van der Waals surface area (Å²) >= 11 is 0. The van der Waals surface area contributed by atoms with Gasteiger partial charge in [-0.2, -0.15) is 4.98 Å². The maximum atomic E-state index is 13.1. The molecule has 10 nitrogen and oxygen atoms in total. The molecule has 0 fully saturated rings. The van der Waals surface area contributed by atoms with Crippen molar-refractivity contribution in [3.63, 3.8) is 0 Å². The van der Waals surface area contributed by atoms with E-state index in [0.29, 0.717) is 48.3 Å². The summed E-state index contributed by atoms with van der Waals surface area (Å²) in [5.74, 6) is 2.58. The van der Waals surface area contributed by atoms with E-state index in [-0.39, 0.29) is 0 Å². The van der Waals surface area contributed by atoms with E-state index < -0.39 is 11.2 Å². The van der Waals surface area contributed by atoms with Gasteiger partial charge in [-0.1, -0.05) is 0 Å². The van der Waals surface area contributed by atoms with Crippen LogP contribution in [0, 0.1) is 0 Å². The van der Waals surface area contributed by atoms with Crippen LogP contribution >= 0.6 is 0 Å². The molecule has 5 aromatic rings. The second kappa shape index (κ2) is 7.79. The van der Waals surface area contributed by atoms with Crippen LogP contribution in [0.2, 0.25) is 0 Å². The third-order valence-electron chi connectivity index (χ3n) is 6.21. The van der Waals surface area contributed by atoms with Crippen molar-refractivity contribution in [3.8, 4) is 34.2 Å². The van der Waals surface area contributed by atoms with Crippen molar-refractivity contribution in [1.82, 2.24) is 23.1 Å². The van der Waals surface area contributed by atoms with Crippen molar-refractivity contribution < 1.29 is 14.2 Å². The molecule has 0 saturated carbocycles. The highest BCUT2D eigenvalue weighted by Gasteiger charge is 2.23. The van der Waals surface area contributed by atoms with Gasteiger partial charge < -0.3 is 14.2 Å². The number of fused-ring (bicyclic) bond motifs is 4. The molecule has 0 bridgehead atoms. The number of hydrogen-bond acceptors (Lipinski definition) is 6. The molecular formula is C25H23N5O5. The molecule has 0 spiro atoms. The SMILES string of the molecule is CCOc1ccc(-c2cn3c4c(=O)n(C)c(=O)n(C)c4nc3n2-c2ccc3c(c2)OCCO3)cc1. The van der Waals surface area contributed by atoms with Crippen molar-refractivity contribution in [2.45, 2.75) is 6.92 Å². The molecule has 1 aliphatic rings. The first-order valence-electron chi connectivity index (χ1n) is 11.3. The predicted molar refractivity (Wildman–Crippen MR) is 130 cm³/mol. The average Bonchev–Trinajstić information content (AvgIpc) is 3.43. The summed E-state index contributed by atoms with van der Waals surface area (Å²) in [5.41, 5.74) is 2.30. The Hall–Kier alpha value is -4.47. The zero-order chi connectivity index (χ0) is 24.3. The minimum atomic E-state index is -0.430. The Morgan fingerprint density at radius 2 is 1.71 bits per heavy atom. The minimum Gasteiger partial charge on any atom is -0.494 e. The van der Waals surface area contributed by atoms with Gasteiger partial charge in [-0.05, 0) is 43.3 Å². The van der Waals surface area contributed by atoms with Gasteiger partial charge in [0.1, 0.15) is 19.0 Å². The van der Waals surface area contributed by atoms with Gasteiger partial charge in [0.2, 0.25) is 5.78 Å². The highest BCUT2D eigenvalue weighted by atomic mass is 16.6. The smallest absolute Gasteiger partial charge is 0.332 e. The highest BCUT2D eigenvalue weighted by Crippen LogP contribution is 2.35. The maximum Gasteiger partial charge on any atom is 0.332 e. The van der Waals surface area contributed by atoms with Crippen LogP contribution in [-0.4, -0.2) is 42.9 Å². The lowest BCUT2D eigenvalue weighted by atomic mass is 10.1. The Balaban J connectivity index is 1.67. The van der Waals surface area contributed by atoms with Crippen LogP contribution in [0.1, 0.15) is 6.92 Å². The molecule has 0 unspecified atom stereocenters. The Labute approximate surface area is 199 Å². The fourth-order valence-corrected chi connectivity index (χ4v) is 4.49. The second-order valence-corrected chi connectivity index (χ2v) is 8.29. The van der Waals surface area contributed by atoms with Gasteiger partial charge in [-0.25, -0.2) is 4.79 Å². The first-order chi connectivity index (χ1) is 17.0. The zero-order valence-electron chi connectivity index (χ0n) is 19.5. The van der Waals surface area contributed by atoms with Crippen molar-refractivity contribution >= 4 is 16.9 Å². The molecule has 0 radical (unpaired) electrons. The minimum absolute atomic E-state index is 0.317. The van der Waals surface area contributed by atoms with Crippen LogP contribution in [0.5, 0.6) is 17.2 Å². The van der Waals surface area contributed by atoms with Gasteiger partial charge in [0, 0.05) is 31.9 Å². The molecule has 0 N–H and O–H groups in total. The third-order valence-corrected chi connectivity index (χ3v) is 6.21. The van der Waals surface area contributed by atoms with E-state index in [2.05, 4.69) is 0 Å². The summed E-state index contributed by atoms with van der Waals surface area (Å²) in [6.07, 6.45) is 1.86. The normalized spacial score (nSPS) is 13.0. The lowest BCUT2D eigenvalue weighted by Crippen LogP contribution is -2.37. The van der Waals surface area contributed by atoms with Crippen molar-refractivity contribution in [2.24, 2.45) is 14.1 Å². The Morgan fingerprint density at radius 1 is 0.971 bits per heavy atom. The quantitative estimate of drug-likeness (QED) is 0.398. The van der Waals surface area contributed by atoms with Crippen molar-refractivity contribution in [1.29, 1.82) is 0 Å². The van der Waals surface area contributed by atoms with E-state index in [1.807, 2.05) is 60.2 Å². The van der Waals surface area contributed by atoms with Crippen molar-refractivity contribution in [2.75, 3.05) is 19.8 Å². The monoisotopic (exact) mass is 473 g/mol. The van der Waals surface area contributed by atoms with Gasteiger partial charge in [0.15, 0.2) is 22.7 Å². The zero-order valence-corrected chi connectivity index (χ0v) is 19.5. The summed E-state index contributed by atoms with van der Waals surface area (Å²) < 4.78 is 23.2. The summed E-state index contributed by atoms with van der Waals surface area (Å²) in [7, 11) is 3.08. The molecule has 2 aromatic carbocycles. The van der Waals surface area contributed by atoms with E-state index in [0.717, 1.165) is 27.3 Å². The number of nitrogens with zero attached hydrogens (tertiary/aromatic N) is 5. The lowest BCUT2D eigenvalue weighted by molar-refractivity contribution is 0.171. The molecule has 35 heavy (non-hydrogen) atoms. The summed E-state index contributed by atoms with van der Waals surface area (Å²) in [6.45, 7) is 3.48. The molecule has 4 heterocycles. The van der Waals surface area contributed by atoms with Crippen LogP contribution in [0.15, 0.2) is 58.3 Å². The average molecular weight is 473 g/mol. The number of hydrogen-bond donors (Lipinski definition) is 0. The van der Waals surface area contributed by atoms with E-state index >= 15 is 0 Å². The second-order valence-electron chi connectivity index (χ2n) is 8.29. The third kappa shape index (κ3) is 3.13. The number of imidazole rings is 2. The van der Waals surface area contributed by atoms with Crippen LogP contribution in [-0.2, 0) is 14.1 Å². The molecule has 1 aliphatic heterocycles.